The molecule has 0 heterocycles. The molecule has 1 rings (SSSR count). The van der Waals surface area contributed by atoms with E-state index in [1.807, 2.05) is 39.8 Å². The number of nitrogens with one attached hydrogen (secondary N) is 1. The zero-order chi connectivity index (χ0) is 14.7. The topological polar surface area (TPSA) is 46.2 Å². The number of rotatable bonds is 5. The first-order valence-electron chi connectivity index (χ1n) is 6.78. The monoisotopic (exact) mass is 283 g/mol. The van der Waals surface area contributed by atoms with Gasteiger partial charge in [-0.3, -0.25) is 0 Å². The summed E-state index contributed by atoms with van der Waals surface area (Å²) >= 11 is 0. The molecule has 0 radical (unpaired) electrons. The van der Waals surface area contributed by atoms with E-state index < -0.39 is 10.0 Å². The number of hydrogen-bond acceptors (Lipinski definition) is 2. The lowest BCUT2D eigenvalue weighted by Gasteiger charge is -2.27. The van der Waals surface area contributed by atoms with Crippen LogP contribution < -0.4 is 4.72 Å². The Labute approximate surface area is 117 Å². The standard InChI is InChI=1S/C15H25NO2S/c1-6-7-13-8-10-14(11-9-13)19(17,18)16-12(2)15(3,4)5/h8-12,16H,6-7H2,1-5H3. The van der Waals surface area contributed by atoms with Gasteiger partial charge in [-0.15, -0.1) is 0 Å². The van der Waals surface area contributed by atoms with Gasteiger partial charge in [0.05, 0.1) is 4.90 Å². The maximum absolute atomic E-state index is 12.2. The Kier molecular flexibility index (Phi) is 5.16. The summed E-state index contributed by atoms with van der Waals surface area (Å²) in [7, 11) is -3.42. The van der Waals surface area contributed by atoms with Gasteiger partial charge in [0.15, 0.2) is 0 Å². The van der Waals surface area contributed by atoms with E-state index in [4.69, 9.17) is 0 Å². The minimum absolute atomic E-state index is 0.102. The van der Waals surface area contributed by atoms with Crippen molar-refractivity contribution >= 4 is 10.0 Å². The van der Waals surface area contributed by atoms with Gasteiger partial charge in [0.25, 0.3) is 0 Å². The third kappa shape index (κ3) is 4.62. The van der Waals surface area contributed by atoms with E-state index in [-0.39, 0.29) is 11.5 Å². The van der Waals surface area contributed by atoms with Crippen molar-refractivity contribution in [2.45, 2.75) is 58.4 Å². The zero-order valence-corrected chi connectivity index (χ0v) is 13.3. The summed E-state index contributed by atoms with van der Waals surface area (Å²) in [6, 6.07) is 7.03. The van der Waals surface area contributed by atoms with Crippen LogP contribution in [-0.2, 0) is 16.4 Å². The Hall–Kier alpha value is -0.870. The van der Waals surface area contributed by atoms with Crippen LogP contribution in [0.15, 0.2) is 29.2 Å². The van der Waals surface area contributed by atoms with Crippen molar-refractivity contribution in [1.82, 2.24) is 4.72 Å². The molecule has 3 nitrogen and oxygen atoms in total. The Morgan fingerprint density at radius 2 is 1.68 bits per heavy atom. The van der Waals surface area contributed by atoms with Crippen LogP contribution in [0.25, 0.3) is 0 Å². The molecule has 0 amide bonds. The number of sulfonamides is 1. The maximum atomic E-state index is 12.2. The average molecular weight is 283 g/mol. The molecule has 0 aliphatic rings. The first kappa shape index (κ1) is 16.2. The predicted octanol–water partition coefficient (Wildman–Crippen LogP) is 3.35. The smallest absolute Gasteiger partial charge is 0.208 e. The van der Waals surface area contributed by atoms with Gasteiger partial charge >= 0.3 is 0 Å². The molecule has 19 heavy (non-hydrogen) atoms. The highest BCUT2D eigenvalue weighted by molar-refractivity contribution is 7.89. The van der Waals surface area contributed by atoms with Crippen LogP contribution in [0.5, 0.6) is 0 Å². The van der Waals surface area contributed by atoms with Gasteiger partial charge in [-0.2, -0.15) is 0 Å². The molecule has 0 saturated heterocycles. The highest BCUT2D eigenvalue weighted by Gasteiger charge is 2.25. The van der Waals surface area contributed by atoms with Gasteiger partial charge in [0, 0.05) is 6.04 Å². The van der Waals surface area contributed by atoms with Gasteiger partial charge in [0.1, 0.15) is 0 Å². The van der Waals surface area contributed by atoms with E-state index in [0.29, 0.717) is 4.90 Å². The molecule has 1 aromatic rings. The molecule has 1 aromatic carbocycles. The first-order valence-corrected chi connectivity index (χ1v) is 8.26. The third-order valence-corrected chi connectivity index (χ3v) is 4.96. The van der Waals surface area contributed by atoms with Crippen LogP contribution in [0.3, 0.4) is 0 Å². The average Bonchev–Trinajstić information content (AvgIpc) is 2.28. The molecule has 1 unspecified atom stereocenters. The second-order valence-electron chi connectivity index (χ2n) is 6.10. The zero-order valence-electron chi connectivity index (χ0n) is 12.5. The van der Waals surface area contributed by atoms with Crippen molar-refractivity contribution in [1.29, 1.82) is 0 Å². The second-order valence-corrected chi connectivity index (χ2v) is 7.82. The quantitative estimate of drug-likeness (QED) is 0.900. The third-order valence-electron chi connectivity index (χ3n) is 3.40. The fraction of sp³-hybridized carbons (Fsp3) is 0.600. The summed E-state index contributed by atoms with van der Waals surface area (Å²) in [5.41, 5.74) is 1.07. The summed E-state index contributed by atoms with van der Waals surface area (Å²) in [4.78, 5) is 0.337. The van der Waals surface area contributed by atoms with Crippen molar-refractivity contribution < 1.29 is 8.42 Å². The van der Waals surface area contributed by atoms with Crippen LogP contribution in [0.1, 0.15) is 46.6 Å². The number of benzene rings is 1. The van der Waals surface area contributed by atoms with Crippen molar-refractivity contribution in [3.63, 3.8) is 0 Å². The Morgan fingerprint density at radius 3 is 2.11 bits per heavy atom. The van der Waals surface area contributed by atoms with E-state index in [9.17, 15) is 8.42 Å². The first-order chi connectivity index (χ1) is 8.66. The lowest BCUT2D eigenvalue weighted by molar-refractivity contribution is 0.317. The summed E-state index contributed by atoms with van der Waals surface area (Å²) in [6.07, 6.45) is 2.04. The second kappa shape index (κ2) is 6.06. The van der Waals surface area contributed by atoms with E-state index in [0.717, 1.165) is 12.8 Å². The summed E-state index contributed by atoms with van der Waals surface area (Å²) in [6.45, 7) is 10.1. The van der Waals surface area contributed by atoms with Gasteiger partial charge in [-0.1, -0.05) is 46.2 Å². The molecule has 1 atom stereocenters. The van der Waals surface area contributed by atoms with Crippen molar-refractivity contribution in [2.24, 2.45) is 5.41 Å². The minimum Gasteiger partial charge on any atom is -0.208 e. The molecule has 0 aliphatic carbocycles. The van der Waals surface area contributed by atoms with Gasteiger partial charge in [-0.25, -0.2) is 13.1 Å². The van der Waals surface area contributed by atoms with Crippen molar-refractivity contribution in [3.05, 3.63) is 29.8 Å². The summed E-state index contributed by atoms with van der Waals surface area (Å²) in [5.74, 6) is 0. The van der Waals surface area contributed by atoms with E-state index in [1.165, 1.54) is 5.56 Å². The SMILES string of the molecule is CCCc1ccc(S(=O)(=O)NC(C)C(C)(C)C)cc1. The fourth-order valence-corrected chi connectivity index (χ4v) is 3.05. The molecule has 108 valence electrons. The Bertz CT molecular complexity index is 498. The molecule has 0 fully saturated rings. The largest absolute Gasteiger partial charge is 0.240 e. The summed E-state index contributed by atoms with van der Waals surface area (Å²) in [5, 5.41) is 0. The molecular formula is C15H25NO2S. The van der Waals surface area contributed by atoms with Crippen LogP contribution in [0.2, 0.25) is 0 Å². The fourth-order valence-electron chi connectivity index (χ4n) is 1.60. The molecular weight excluding hydrogens is 258 g/mol. The van der Waals surface area contributed by atoms with E-state index in [1.54, 1.807) is 12.1 Å². The van der Waals surface area contributed by atoms with Gasteiger partial charge in [0.2, 0.25) is 10.0 Å². The number of aryl methyl sites for hydroxylation is 1. The highest BCUT2D eigenvalue weighted by Crippen LogP contribution is 2.21. The van der Waals surface area contributed by atoms with Gasteiger partial charge < -0.3 is 0 Å². The molecule has 0 aromatic heterocycles. The van der Waals surface area contributed by atoms with Crippen LogP contribution in [0, 0.1) is 5.41 Å². The molecule has 1 N–H and O–H groups in total. The van der Waals surface area contributed by atoms with Crippen LogP contribution >= 0.6 is 0 Å². The molecule has 0 saturated carbocycles. The van der Waals surface area contributed by atoms with Gasteiger partial charge in [-0.05, 0) is 36.5 Å². The van der Waals surface area contributed by atoms with E-state index in [2.05, 4.69) is 11.6 Å². The number of hydrogen-bond donors (Lipinski definition) is 1. The molecule has 0 bridgehead atoms. The lowest BCUT2D eigenvalue weighted by Crippen LogP contribution is -2.41. The van der Waals surface area contributed by atoms with Crippen molar-refractivity contribution in [2.75, 3.05) is 0 Å². The molecule has 0 aliphatic heterocycles. The van der Waals surface area contributed by atoms with Crippen molar-refractivity contribution in [3.8, 4) is 0 Å². The molecule has 4 heteroatoms. The van der Waals surface area contributed by atoms with Crippen LogP contribution in [-0.4, -0.2) is 14.5 Å². The predicted molar refractivity (Wildman–Crippen MR) is 79.7 cm³/mol. The maximum Gasteiger partial charge on any atom is 0.240 e. The highest BCUT2D eigenvalue weighted by atomic mass is 32.2. The Balaban J connectivity index is 2.89. The van der Waals surface area contributed by atoms with E-state index >= 15 is 0 Å². The van der Waals surface area contributed by atoms with Crippen LogP contribution in [0.4, 0.5) is 0 Å². The molecule has 0 spiro atoms. The normalized spacial score (nSPS) is 14.4. The Morgan fingerprint density at radius 1 is 1.16 bits per heavy atom. The minimum atomic E-state index is -3.42. The lowest BCUT2D eigenvalue weighted by atomic mass is 9.89. The summed E-state index contributed by atoms with van der Waals surface area (Å²) < 4.78 is 27.2.